The van der Waals surface area contributed by atoms with Crippen LogP contribution in [-0.4, -0.2) is 13.1 Å². The van der Waals surface area contributed by atoms with Crippen molar-refractivity contribution >= 4 is 22.8 Å². The average Bonchev–Trinajstić information content (AvgIpc) is 2.44. The lowest BCUT2D eigenvalue weighted by molar-refractivity contribution is -0.134. The Morgan fingerprint density at radius 3 is 2.53 bits per heavy atom. The van der Waals surface area contributed by atoms with E-state index in [1.54, 1.807) is 6.08 Å². The Labute approximate surface area is 113 Å². The number of benzene rings is 2. The third-order valence-corrected chi connectivity index (χ3v) is 2.85. The van der Waals surface area contributed by atoms with E-state index in [0.717, 1.165) is 11.1 Å². The molecule has 2 nitrogen and oxygen atoms in total. The average molecular weight is 252 g/mol. The Kier molecular flexibility index (Phi) is 4.14. The lowest BCUT2D eigenvalue weighted by atomic mass is 10.1. The van der Waals surface area contributed by atoms with Crippen LogP contribution < -0.4 is 0 Å². The summed E-state index contributed by atoms with van der Waals surface area (Å²) >= 11 is 0. The van der Waals surface area contributed by atoms with Gasteiger partial charge in [0.1, 0.15) is 0 Å². The van der Waals surface area contributed by atoms with E-state index >= 15 is 0 Å². The van der Waals surface area contributed by atoms with Gasteiger partial charge in [0.25, 0.3) is 0 Å². The van der Waals surface area contributed by atoms with E-state index in [-0.39, 0.29) is 5.97 Å². The molecule has 0 aliphatic carbocycles. The molecule has 0 bridgehead atoms. The number of ether oxygens (including phenoxy) is 1. The van der Waals surface area contributed by atoms with Crippen LogP contribution in [0.3, 0.4) is 0 Å². The van der Waals surface area contributed by atoms with Crippen LogP contribution in [0.1, 0.15) is 12.5 Å². The van der Waals surface area contributed by atoms with E-state index in [1.807, 2.05) is 25.1 Å². The second-order valence-electron chi connectivity index (χ2n) is 4.35. The molecule has 0 N–H and O–H groups in total. The van der Waals surface area contributed by atoms with Crippen molar-refractivity contribution in [1.82, 2.24) is 0 Å². The first-order valence-electron chi connectivity index (χ1n) is 6.12. The molecule has 0 aromatic heterocycles. The number of methoxy groups -OCH3 is 1. The Hall–Kier alpha value is -2.35. The third-order valence-electron chi connectivity index (χ3n) is 2.85. The standard InChI is InChI=1S/C17H16O2/c1-13(7-10-17(18)19-2)11-14-8-9-15-5-3-4-6-16(15)12-14/h3-12H,1-2H3/b10-7+,13-11+. The molecular formula is C17H16O2. The zero-order chi connectivity index (χ0) is 13.7. The predicted octanol–water partition coefficient (Wildman–Crippen LogP) is 3.97. The molecule has 0 saturated heterocycles. The number of esters is 1. The topological polar surface area (TPSA) is 26.3 Å². The molecule has 0 aliphatic rings. The molecule has 19 heavy (non-hydrogen) atoms. The van der Waals surface area contributed by atoms with Crippen LogP contribution in [0.25, 0.3) is 16.8 Å². The number of allylic oxidation sites excluding steroid dienone is 2. The summed E-state index contributed by atoms with van der Waals surface area (Å²) in [5, 5.41) is 2.43. The minimum atomic E-state index is -0.341. The highest BCUT2D eigenvalue weighted by Crippen LogP contribution is 2.17. The van der Waals surface area contributed by atoms with Gasteiger partial charge >= 0.3 is 5.97 Å². The van der Waals surface area contributed by atoms with Gasteiger partial charge in [0.05, 0.1) is 7.11 Å². The highest BCUT2D eigenvalue weighted by atomic mass is 16.5. The van der Waals surface area contributed by atoms with Crippen molar-refractivity contribution in [3.63, 3.8) is 0 Å². The first-order valence-corrected chi connectivity index (χ1v) is 6.12. The van der Waals surface area contributed by atoms with Gasteiger partial charge in [-0.2, -0.15) is 0 Å². The fraction of sp³-hybridized carbons (Fsp3) is 0.118. The molecular weight excluding hydrogens is 236 g/mol. The van der Waals surface area contributed by atoms with Gasteiger partial charge in [-0.15, -0.1) is 0 Å². The first kappa shape index (κ1) is 13.1. The lowest BCUT2D eigenvalue weighted by Crippen LogP contribution is -1.93. The Bertz CT molecular complexity index is 651. The summed E-state index contributed by atoms with van der Waals surface area (Å²) in [6.07, 6.45) is 5.21. The number of hydrogen-bond donors (Lipinski definition) is 0. The minimum absolute atomic E-state index is 0.341. The monoisotopic (exact) mass is 252 g/mol. The summed E-state index contributed by atoms with van der Waals surface area (Å²) < 4.78 is 4.56. The Morgan fingerprint density at radius 2 is 1.79 bits per heavy atom. The van der Waals surface area contributed by atoms with Crippen molar-refractivity contribution in [3.8, 4) is 0 Å². The molecule has 0 radical (unpaired) electrons. The van der Waals surface area contributed by atoms with Crippen LogP contribution in [0, 0.1) is 0 Å². The van der Waals surface area contributed by atoms with E-state index in [9.17, 15) is 4.79 Å². The summed E-state index contributed by atoms with van der Waals surface area (Å²) in [6, 6.07) is 14.5. The van der Waals surface area contributed by atoms with Crippen LogP contribution >= 0.6 is 0 Å². The van der Waals surface area contributed by atoms with Crippen molar-refractivity contribution in [3.05, 3.63) is 65.8 Å². The van der Waals surface area contributed by atoms with Crippen LogP contribution in [0.4, 0.5) is 0 Å². The maximum absolute atomic E-state index is 11.0. The normalized spacial score (nSPS) is 12.0. The summed E-state index contributed by atoms with van der Waals surface area (Å²) in [7, 11) is 1.37. The highest BCUT2D eigenvalue weighted by molar-refractivity contribution is 5.85. The molecule has 0 saturated carbocycles. The molecule has 2 aromatic rings. The summed E-state index contributed by atoms with van der Waals surface area (Å²) in [4.78, 5) is 11.0. The molecule has 96 valence electrons. The van der Waals surface area contributed by atoms with Crippen molar-refractivity contribution in [2.24, 2.45) is 0 Å². The van der Waals surface area contributed by atoms with Gasteiger partial charge in [0, 0.05) is 6.08 Å². The van der Waals surface area contributed by atoms with E-state index in [0.29, 0.717) is 0 Å². The zero-order valence-electron chi connectivity index (χ0n) is 11.1. The van der Waals surface area contributed by atoms with Crippen LogP contribution in [-0.2, 0) is 9.53 Å². The molecule has 2 aromatic carbocycles. The molecule has 0 amide bonds. The summed E-state index contributed by atoms with van der Waals surface area (Å²) in [5.74, 6) is -0.341. The molecule has 2 rings (SSSR count). The molecule has 0 atom stereocenters. The fourth-order valence-corrected chi connectivity index (χ4v) is 1.88. The second kappa shape index (κ2) is 6.01. The number of fused-ring (bicyclic) bond motifs is 1. The quantitative estimate of drug-likeness (QED) is 0.469. The van der Waals surface area contributed by atoms with E-state index in [1.165, 1.54) is 24.0 Å². The van der Waals surface area contributed by atoms with Gasteiger partial charge in [0.15, 0.2) is 0 Å². The minimum Gasteiger partial charge on any atom is -0.466 e. The SMILES string of the molecule is COC(=O)/C=C/C(C)=C/c1ccc2ccccc2c1. The Morgan fingerprint density at radius 1 is 1.05 bits per heavy atom. The molecule has 0 aliphatic heterocycles. The number of carbonyl (C=O) groups excluding carboxylic acids is 1. The maximum Gasteiger partial charge on any atom is 0.330 e. The van der Waals surface area contributed by atoms with Gasteiger partial charge in [-0.3, -0.25) is 0 Å². The number of hydrogen-bond acceptors (Lipinski definition) is 2. The van der Waals surface area contributed by atoms with Crippen LogP contribution in [0.5, 0.6) is 0 Å². The molecule has 0 unspecified atom stereocenters. The largest absolute Gasteiger partial charge is 0.466 e. The number of carbonyl (C=O) groups is 1. The van der Waals surface area contributed by atoms with Gasteiger partial charge in [-0.25, -0.2) is 4.79 Å². The van der Waals surface area contributed by atoms with Crippen molar-refractivity contribution in [2.75, 3.05) is 7.11 Å². The second-order valence-corrected chi connectivity index (χ2v) is 4.35. The molecule has 0 fully saturated rings. The highest BCUT2D eigenvalue weighted by Gasteiger charge is 1.95. The maximum atomic E-state index is 11.0. The van der Waals surface area contributed by atoms with Gasteiger partial charge in [-0.05, 0) is 29.3 Å². The van der Waals surface area contributed by atoms with E-state index in [2.05, 4.69) is 35.1 Å². The third kappa shape index (κ3) is 3.55. The lowest BCUT2D eigenvalue weighted by Gasteiger charge is -2.00. The van der Waals surface area contributed by atoms with Crippen LogP contribution in [0.15, 0.2) is 60.2 Å². The van der Waals surface area contributed by atoms with Gasteiger partial charge in [0.2, 0.25) is 0 Å². The van der Waals surface area contributed by atoms with Crippen molar-refractivity contribution < 1.29 is 9.53 Å². The van der Waals surface area contributed by atoms with Gasteiger partial charge in [-0.1, -0.05) is 54.1 Å². The summed E-state index contributed by atoms with van der Waals surface area (Å²) in [5.41, 5.74) is 2.12. The number of rotatable bonds is 3. The fourth-order valence-electron chi connectivity index (χ4n) is 1.88. The predicted molar refractivity (Wildman–Crippen MR) is 78.8 cm³/mol. The summed E-state index contributed by atoms with van der Waals surface area (Å²) in [6.45, 7) is 1.95. The van der Waals surface area contributed by atoms with Gasteiger partial charge < -0.3 is 4.74 Å². The van der Waals surface area contributed by atoms with Crippen LogP contribution in [0.2, 0.25) is 0 Å². The Balaban J connectivity index is 2.24. The van der Waals surface area contributed by atoms with Crippen molar-refractivity contribution in [1.29, 1.82) is 0 Å². The zero-order valence-corrected chi connectivity index (χ0v) is 11.1. The molecule has 2 heteroatoms. The first-order chi connectivity index (χ1) is 9.19. The smallest absolute Gasteiger partial charge is 0.330 e. The van der Waals surface area contributed by atoms with E-state index < -0.39 is 0 Å². The molecule has 0 heterocycles. The van der Waals surface area contributed by atoms with E-state index in [4.69, 9.17) is 0 Å². The van der Waals surface area contributed by atoms with Crippen molar-refractivity contribution in [2.45, 2.75) is 6.92 Å². The molecule has 0 spiro atoms.